The maximum atomic E-state index is 13.1. The van der Waals surface area contributed by atoms with Gasteiger partial charge in [0.15, 0.2) is 0 Å². The molecule has 1 saturated heterocycles. The van der Waals surface area contributed by atoms with E-state index in [-0.39, 0.29) is 11.3 Å². The molecule has 148 valence electrons. The fraction of sp³-hybridized carbons (Fsp3) is 0.350. The van der Waals surface area contributed by atoms with Crippen LogP contribution in [0, 0.1) is 0 Å². The van der Waals surface area contributed by atoms with Crippen LogP contribution < -0.4 is 16.0 Å². The minimum atomic E-state index is -0.620. The van der Waals surface area contributed by atoms with Crippen LogP contribution in [0.5, 0.6) is 5.75 Å². The third-order valence-corrected chi connectivity index (χ3v) is 4.78. The Morgan fingerprint density at radius 2 is 1.71 bits per heavy atom. The van der Waals surface area contributed by atoms with Crippen LogP contribution in [0.2, 0.25) is 0 Å². The van der Waals surface area contributed by atoms with Crippen LogP contribution in [0.25, 0.3) is 6.08 Å². The van der Waals surface area contributed by atoms with Gasteiger partial charge in [-0.15, -0.1) is 0 Å². The van der Waals surface area contributed by atoms with Gasteiger partial charge in [-0.05, 0) is 30.3 Å². The highest BCUT2D eigenvalue weighted by molar-refractivity contribution is 6.10. The molecule has 0 amide bonds. The second-order valence-electron chi connectivity index (χ2n) is 6.49. The summed E-state index contributed by atoms with van der Waals surface area (Å²) in [6.45, 7) is 2.63. The summed E-state index contributed by atoms with van der Waals surface area (Å²) < 4.78 is 12.7. The van der Waals surface area contributed by atoms with Crippen LogP contribution in [0.1, 0.15) is 21.6 Å². The summed E-state index contributed by atoms with van der Waals surface area (Å²) in [5, 5.41) is 0. The van der Waals surface area contributed by atoms with E-state index in [4.69, 9.17) is 9.47 Å². The molecule has 1 aliphatic heterocycles. The van der Waals surface area contributed by atoms with Gasteiger partial charge in [-0.1, -0.05) is 0 Å². The molecule has 0 spiro atoms. The SMILES string of the molecule is COc1ccc(C(=O)c2c(C=CN3CCOCC3)n(C)c(=O)n(C)c2=O)cc1. The van der Waals surface area contributed by atoms with Crippen molar-refractivity contribution in [1.29, 1.82) is 0 Å². The Bertz CT molecular complexity index is 1010. The molecule has 0 aliphatic carbocycles. The van der Waals surface area contributed by atoms with Gasteiger partial charge in [-0.2, -0.15) is 0 Å². The lowest BCUT2D eigenvalue weighted by atomic mass is 10.0. The molecule has 0 unspecified atom stereocenters. The summed E-state index contributed by atoms with van der Waals surface area (Å²) in [5.41, 5.74) is -0.527. The maximum Gasteiger partial charge on any atom is 0.330 e. The minimum Gasteiger partial charge on any atom is -0.497 e. The Morgan fingerprint density at radius 1 is 1.07 bits per heavy atom. The fourth-order valence-electron chi connectivity index (χ4n) is 3.06. The lowest BCUT2D eigenvalue weighted by Crippen LogP contribution is -2.42. The Labute approximate surface area is 162 Å². The van der Waals surface area contributed by atoms with Gasteiger partial charge in [-0.3, -0.25) is 18.7 Å². The number of aromatic nitrogens is 2. The lowest BCUT2D eigenvalue weighted by molar-refractivity contribution is 0.0597. The van der Waals surface area contributed by atoms with Gasteiger partial charge in [0.1, 0.15) is 11.3 Å². The van der Waals surface area contributed by atoms with Crippen LogP contribution in [0.4, 0.5) is 0 Å². The number of nitrogens with zero attached hydrogens (tertiary/aromatic N) is 3. The Balaban J connectivity index is 2.09. The highest BCUT2D eigenvalue weighted by Gasteiger charge is 2.22. The van der Waals surface area contributed by atoms with Crippen LogP contribution in [-0.2, 0) is 18.8 Å². The van der Waals surface area contributed by atoms with E-state index in [0.717, 1.165) is 4.57 Å². The quantitative estimate of drug-likeness (QED) is 0.702. The first-order valence-corrected chi connectivity index (χ1v) is 8.92. The molecular weight excluding hydrogens is 362 g/mol. The zero-order valence-corrected chi connectivity index (χ0v) is 16.2. The van der Waals surface area contributed by atoms with E-state index >= 15 is 0 Å². The highest BCUT2D eigenvalue weighted by Crippen LogP contribution is 2.16. The van der Waals surface area contributed by atoms with E-state index in [0.29, 0.717) is 37.6 Å². The second kappa shape index (κ2) is 8.26. The number of ketones is 1. The predicted molar refractivity (Wildman–Crippen MR) is 105 cm³/mol. The number of morpholine rings is 1. The van der Waals surface area contributed by atoms with Crippen molar-refractivity contribution in [2.45, 2.75) is 0 Å². The highest BCUT2D eigenvalue weighted by atomic mass is 16.5. The second-order valence-corrected chi connectivity index (χ2v) is 6.49. The average Bonchev–Trinajstić information content (AvgIpc) is 2.74. The van der Waals surface area contributed by atoms with Gasteiger partial charge in [0.05, 0.1) is 26.0 Å². The van der Waals surface area contributed by atoms with Crippen molar-refractivity contribution in [2.24, 2.45) is 14.1 Å². The van der Waals surface area contributed by atoms with Gasteiger partial charge in [0.2, 0.25) is 5.78 Å². The maximum absolute atomic E-state index is 13.1. The number of carbonyl (C=O) groups excluding carboxylic acids is 1. The number of ether oxygens (including phenoxy) is 2. The van der Waals surface area contributed by atoms with E-state index in [1.807, 2.05) is 4.90 Å². The van der Waals surface area contributed by atoms with Gasteiger partial charge in [0, 0.05) is 38.9 Å². The topological polar surface area (TPSA) is 82.8 Å². The zero-order valence-electron chi connectivity index (χ0n) is 16.2. The lowest BCUT2D eigenvalue weighted by Gasteiger charge is -2.25. The molecule has 0 saturated carbocycles. The molecule has 8 nitrogen and oxygen atoms in total. The molecule has 0 bridgehead atoms. The largest absolute Gasteiger partial charge is 0.497 e. The number of carbonyl (C=O) groups is 1. The summed E-state index contributed by atoms with van der Waals surface area (Å²) in [4.78, 5) is 40.3. The number of methoxy groups -OCH3 is 1. The summed E-state index contributed by atoms with van der Waals surface area (Å²) in [6, 6.07) is 6.51. The Hall–Kier alpha value is -3.13. The van der Waals surface area contributed by atoms with E-state index in [1.165, 1.54) is 18.7 Å². The standard InChI is InChI=1S/C20H23N3O5/c1-21-16(8-9-23-10-12-28-13-11-23)17(19(25)22(2)20(21)26)18(24)14-4-6-15(27-3)7-5-14/h4-9H,10-13H2,1-3H3. The van der Waals surface area contributed by atoms with Crippen molar-refractivity contribution < 1.29 is 14.3 Å². The summed E-state index contributed by atoms with van der Waals surface area (Å²) in [7, 11) is 4.45. The predicted octanol–water partition coefficient (Wildman–Crippen LogP) is 0.627. The molecule has 28 heavy (non-hydrogen) atoms. The fourth-order valence-corrected chi connectivity index (χ4v) is 3.06. The van der Waals surface area contributed by atoms with Crippen molar-refractivity contribution in [2.75, 3.05) is 33.4 Å². The van der Waals surface area contributed by atoms with Crippen LogP contribution >= 0.6 is 0 Å². The number of hydrogen-bond acceptors (Lipinski definition) is 6. The van der Waals surface area contributed by atoms with Crippen LogP contribution in [0.3, 0.4) is 0 Å². The summed E-state index contributed by atoms with van der Waals surface area (Å²) >= 11 is 0. The first kappa shape index (κ1) is 19.6. The normalized spacial score (nSPS) is 14.5. The number of hydrogen-bond donors (Lipinski definition) is 0. The monoisotopic (exact) mass is 385 g/mol. The van der Waals surface area contributed by atoms with Crippen LogP contribution in [-0.4, -0.2) is 53.2 Å². The van der Waals surface area contributed by atoms with E-state index in [2.05, 4.69) is 0 Å². The average molecular weight is 385 g/mol. The van der Waals surface area contributed by atoms with E-state index in [9.17, 15) is 14.4 Å². The Kier molecular flexibility index (Phi) is 5.79. The van der Waals surface area contributed by atoms with Crippen molar-refractivity contribution in [1.82, 2.24) is 14.0 Å². The minimum absolute atomic E-state index is 0.0423. The van der Waals surface area contributed by atoms with Gasteiger partial charge >= 0.3 is 5.69 Å². The van der Waals surface area contributed by atoms with Gasteiger partial charge < -0.3 is 14.4 Å². The van der Waals surface area contributed by atoms with Crippen molar-refractivity contribution >= 4 is 11.9 Å². The molecule has 2 aromatic rings. The van der Waals surface area contributed by atoms with Gasteiger partial charge in [0.25, 0.3) is 5.56 Å². The van der Waals surface area contributed by atoms with Gasteiger partial charge in [-0.25, -0.2) is 4.79 Å². The van der Waals surface area contributed by atoms with E-state index < -0.39 is 17.0 Å². The third-order valence-electron chi connectivity index (χ3n) is 4.78. The number of rotatable bonds is 5. The molecule has 1 aromatic heterocycles. The van der Waals surface area contributed by atoms with Crippen LogP contribution in [0.15, 0.2) is 40.1 Å². The molecule has 1 fully saturated rings. The molecule has 0 atom stereocenters. The summed E-state index contributed by atoms with van der Waals surface area (Å²) in [6.07, 6.45) is 3.44. The molecule has 0 radical (unpaired) electrons. The Morgan fingerprint density at radius 3 is 2.32 bits per heavy atom. The molecular formula is C20H23N3O5. The summed E-state index contributed by atoms with van der Waals surface area (Å²) in [5.74, 6) is 0.165. The first-order valence-electron chi connectivity index (χ1n) is 8.92. The molecule has 2 heterocycles. The van der Waals surface area contributed by atoms with E-state index in [1.54, 1.807) is 43.6 Å². The first-order chi connectivity index (χ1) is 13.4. The van der Waals surface area contributed by atoms with Crippen molar-refractivity contribution in [3.05, 3.63) is 68.1 Å². The zero-order chi connectivity index (χ0) is 20.3. The smallest absolute Gasteiger partial charge is 0.330 e. The molecule has 1 aromatic carbocycles. The molecule has 8 heteroatoms. The van der Waals surface area contributed by atoms with Crippen molar-refractivity contribution in [3.63, 3.8) is 0 Å². The molecule has 3 rings (SSSR count). The number of benzene rings is 1. The molecule has 1 aliphatic rings. The van der Waals surface area contributed by atoms with Crippen molar-refractivity contribution in [3.8, 4) is 5.75 Å². The molecule has 0 N–H and O–H groups in total. The third kappa shape index (κ3) is 3.77.